The van der Waals surface area contributed by atoms with Gasteiger partial charge in [0.2, 0.25) is 0 Å². The van der Waals surface area contributed by atoms with Crippen LogP contribution in [0.5, 0.6) is 0 Å². The van der Waals surface area contributed by atoms with E-state index < -0.39 is 0 Å². The van der Waals surface area contributed by atoms with Gasteiger partial charge in [0.25, 0.3) is 0 Å². The Morgan fingerprint density at radius 1 is 1.33 bits per heavy atom. The molecule has 1 rings (SSSR count). The molecule has 1 aromatic rings. The van der Waals surface area contributed by atoms with Crippen molar-refractivity contribution in [1.82, 2.24) is 0 Å². The molecule has 0 aliphatic rings. The Balaban J connectivity index is 2.52. The van der Waals surface area contributed by atoms with Crippen LogP contribution in [0.2, 0.25) is 0 Å². The molecule has 0 saturated carbocycles. The van der Waals surface area contributed by atoms with Gasteiger partial charge in [-0.1, -0.05) is 37.3 Å². The lowest BCUT2D eigenvalue weighted by atomic mass is 9.91. The van der Waals surface area contributed by atoms with E-state index in [9.17, 15) is 0 Å². The van der Waals surface area contributed by atoms with E-state index in [1.807, 2.05) is 25.1 Å². The van der Waals surface area contributed by atoms with Crippen molar-refractivity contribution in [2.24, 2.45) is 11.8 Å². The van der Waals surface area contributed by atoms with Crippen molar-refractivity contribution in [3.63, 3.8) is 0 Å². The summed E-state index contributed by atoms with van der Waals surface area (Å²) in [5.74, 6) is 3.32. The van der Waals surface area contributed by atoms with Gasteiger partial charge in [-0.05, 0) is 24.3 Å². The van der Waals surface area contributed by atoms with E-state index in [4.69, 9.17) is 11.5 Å². The summed E-state index contributed by atoms with van der Waals surface area (Å²) in [4.78, 5) is 0. The monoisotopic (exact) mass is 202 g/mol. The van der Waals surface area contributed by atoms with Crippen molar-refractivity contribution in [2.75, 3.05) is 6.61 Å². The van der Waals surface area contributed by atoms with Crippen LogP contribution in [0.1, 0.15) is 18.9 Å². The molecule has 15 heavy (non-hydrogen) atoms. The number of aliphatic hydroxyl groups is 1. The van der Waals surface area contributed by atoms with E-state index in [0.717, 1.165) is 12.8 Å². The van der Waals surface area contributed by atoms with E-state index >= 15 is 0 Å². The summed E-state index contributed by atoms with van der Waals surface area (Å²) in [5.41, 5.74) is 1.27. The first kappa shape index (κ1) is 11.8. The fraction of sp³-hybridized carbons (Fsp3) is 0.429. The molecular formula is C14H18O. The summed E-state index contributed by atoms with van der Waals surface area (Å²) in [7, 11) is 0. The van der Waals surface area contributed by atoms with Crippen LogP contribution in [-0.2, 0) is 6.42 Å². The van der Waals surface area contributed by atoms with Gasteiger partial charge in [-0.15, -0.1) is 12.3 Å². The summed E-state index contributed by atoms with van der Waals surface area (Å²) in [6, 6.07) is 10.2. The van der Waals surface area contributed by atoms with Crippen LogP contribution in [0.3, 0.4) is 0 Å². The molecule has 80 valence electrons. The maximum Gasteiger partial charge on any atom is 0.0457 e. The van der Waals surface area contributed by atoms with Crippen LogP contribution in [-0.4, -0.2) is 11.7 Å². The second-order valence-electron chi connectivity index (χ2n) is 4.08. The molecule has 0 amide bonds. The Labute approximate surface area is 92.1 Å². The molecule has 1 heteroatoms. The largest absolute Gasteiger partial charge is 0.396 e. The molecule has 0 radical (unpaired) electrons. The van der Waals surface area contributed by atoms with Gasteiger partial charge in [0.05, 0.1) is 0 Å². The molecule has 1 aromatic carbocycles. The van der Waals surface area contributed by atoms with Gasteiger partial charge >= 0.3 is 0 Å². The van der Waals surface area contributed by atoms with Crippen molar-refractivity contribution >= 4 is 0 Å². The third-order valence-corrected chi connectivity index (χ3v) is 2.56. The van der Waals surface area contributed by atoms with E-state index in [1.165, 1.54) is 5.56 Å². The topological polar surface area (TPSA) is 20.2 Å². The third kappa shape index (κ3) is 4.18. The number of terminal acetylenes is 1. The van der Waals surface area contributed by atoms with Crippen LogP contribution >= 0.6 is 0 Å². The Kier molecular flexibility index (Phi) is 4.93. The lowest BCUT2D eigenvalue weighted by Crippen LogP contribution is -2.10. The molecule has 0 saturated heterocycles. The first-order chi connectivity index (χ1) is 7.26. The quantitative estimate of drug-likeness (QED) is 0.727. The molecule has 0 spiro atoms. The maximum absolute atomic E-state index is 8.98. The second kappa shape index (κ2) is 6.27. The highest BCUT2D eigenvalue weighted by molar-refractivity contribution is 5.17. The Hall–Kier alpha value is -1.26. The summed E-state index contributed by atoms with van der Waals surface area (Å²) in [5, 5.41) is 8.98. The van der Waals surface area contributed by atoms with Gasteiger partial charge in [-0.25, -0.2) is 0 Å². The highest BCUT2D eigenvalue weighted by atomic mass is 16.3. The van der Waals surface area contributed by atoms with E-state index in [1.54, 1.807) is 0 Å². The Morgan fingerprint density at radius 2 is 2.00 bits per heavy atom. The number of benzene rings is 1. The molecule has 0 aromatic heterocycles. The standard InChI is InChI=1S/C14H18O/c1-3-13(9-12(2)11-15)10-14-7-5-4-6-8-14/h1,4-8,12-13,15H,9-11H2,2H3. The first-order valence-electron chi connectivity index (χ1n) is 5.37. The van der Waals surface area contributed by atoms with Crippen molar-refractivity contribution < 1.29 is 5.11 Å². The highest BCUT2D eigenvalue weighted by Gasteiger charge is 2.10. The fourth-order valence-corrected chi connectivity index (χ4v) is 1.67. The van der Waals surface area contributed by atoms with Gasteiger partial charge in [0.15, 0.2) is 0 Å². The molecule has 0 bridgehead atoms. The summed E-state index contributed by atoms with van der Waals surface area (Å²) in [6.45, 7) is 2.24. The number of hydrogen-bond donors (Lipinski definition) is 1. The minimum atomic E-state index is 0.215. The van der Waals surface area contributed by atoms with Crippen LogP contribution in [0.15, 0.2) is 30.3 Å². The summed E-state index contributed by atoms with van der Waals surface area (Å²) >= 11 is 0. The number of rotatable bonds is 5. The third-order valence-electron chi connectivity index (χ3n) is 2.56. The minimum absolute atomic E-state index is 0.215. The Bertz CT molecular complexity index is 310. The van der Waals surface area contributed by atoms with Gasteiger partial charge in [0, 0.05) is 12.5 Å². The van der Waals surface area contributed by atoms with Crippen molar-refractivity contribution in [3.05, 3.63) is 35.9 Å². The molecular weight excluding hydrogens is 184 g/mol. The van der Waals surface area contributed by atoms with E-state index in [0.29, 0.717) is 0 Å². The van der Waals surface area contributed by atoms with Gasteiger partial charge < -0.3 is 5.11 Å². The van der Waals surface area contributed by atoms with Crippen LogP contribution in [0, 0.1) is 24.2 Å². The van der Waals surface area contributed by atoms with Crippen LogP contribution in [0.4, 0.5) is 0 Å². The highest BCUT2D eigenvalue weighted by Crippen LogP contribution is 2.16. The SMILES string of the molecule is C#CC(Cc1ccccc1)CC(C)CO. The van der Waals surface area contributed by atoms with Gasteiger partial charge in [-0.2, -0.15) is 0 Å². The lowest BCUT2D eigenvalue weighted by Gasteiger charge is -2.14. The van der Waals surface area contributed by atoms with E-state index in [2.05, 4.69) is 18.1 Å². The predicted molar refractivity (Wildman–Crippen MR) is 63.3 cm³/mol. The molecule has 2 atom stereocenters. The van der Waals surface area contributed by atoms with E-state index in [-0.39, 0.29) is 18.4 Å². The normalized spacial score (nSPS) is 14.2. The number of hydrogen-bond acceptors (Lipinski definition) is 1. The zero-order valence-corrected chi connectivity index (χ0v) is 9.19. The summed E-state index contributed by atoms with van der Waals surface area (Å²) < 4.78 is 0. The molecule has 0 heterocycles. The van der Waals surface area contributed by atoms with Crippen molar-refractivity contribution in [2.45, 2.75) is 19.8 Å². The first-order valence-corrected chi connectivity index (χ1v) is 5.37. The van der Waals surface area contributed by atoms with Gasteiger partial charge in [-0.3, -0.25) is 0 Å². The minimum Gasteiger partial charge on any atom is -0.396 e. The zero-order valence-electron chi connectivity index (χ0n) is 9.19. The van der Waals surface area contributed by atoms with Crippen LogP contribution in [0.25, 0.3) is 0 Å². The molecule has 2 unspecified atom stereocenters. The fourth-order valence-electron chi connectivity index (χ4n) is 1.67. The average molecular weight is 202 g/mol. The van der Waals surface area contributed by atoms with Crippen molar-refractivity contribution in [3.8, 4) is 12.3 Å². The van der Waals surface area contributed by atoms with Gasteiger partial charge in [0.1, 0.15) is 0 Å². The predicted octanol–water partition coefficient (Wildman–Crippen LogP) is 2.50. The molecule has 0 fully saturated rings. The maximum atomic E-state index is 8.98. The van der Waals surface area contributed by atoms with Crippen molar-refractivity contribution in [1.29, 1.82) is 0 Å². The summed E-state index contributed by atoms with van der Waals surface area (Å²) in [6.07, 6.45) is 7.29. The zero-order chi connectivity index (χ0) is 11.1. The lowest BCUT2D eigenvalue weighted by molar-refractivity contribution is 0.220. The molecule has 0 aliphatic heterocycles. The molecule has 0 aliphatic carbocycles. The van der Waals surface area contributed by atoms with Crippen LogP contribution < -0.4 is 0 Å². The molecule has 1 N–H and O–H groups in total. The smallest absolute Gasteiger partial charge is 0.0457 e. The number of aliphatic hydroxyl groups excluding tert-OH is 1. The Morgan fingerprint density at radius 3 is 2.53 bits per heavy atom. The average Bonchev–Trinajstić information content (AvgIpc) is 2.29. The second-order valence-corrected chi connectivity index (χ2v) is 4.08. The molecule has 1 nitrogen and oxygen atoms in total.